The van der Waals surface area contributed by atoms with Crippen molar-refractivity contribution in [2.45, 2.75) is 6.42 Å². The largest absolute Gasteiger partial charge is 0.341 e. The van der Waals surface area contributed by atoms with Crippen LogP contribution in [0.5, 0.6) is 0 Å². The van der Waals surface area contributed by atoms with Crippen LogP contribution in [-0.2, 0) is 6.42 Å². The molecule has 0 unspecified atom stereocenters. The number of imidazole rings is 1. The van der Waals surface area contributed by atoms with E-state index in [9.17, 15) is 0 Å². The quantitative estimate of drug-likeness (QED) is 0.855. The van der Waals surface area contributed by atoms with Crippen LogP contribution in [0.2, 0.25) is 5.15 Å². The molecule has 0 atom stereocenters. The number of rotatable bonds is 4. The Balaban J connectivity index is 2.24. The van der Waals surface area contributed by atoms with Gasteiger partial charge in [-0.25, -0.2) is 4.98 Å². The van der Waals surface area contributed by atoms with Crippen molar-refractivity contribution in [2.24, 2.45) is 0 Å². The third kappa shape index (κ3) is 2.43. The lowest BCUT2D eigenvalue weighted by Gasteiger charge is -1.97. The molecule has 0 amide bonds. The van der Waals surface area contributed by atoms with Crippen LogP contribution in [0, 0.1) is 0 Å². The number of nitrogens with zero attached hydrogens (tertiary/aromatic N) is 1. The lowest BCUT2D eigenvalue weighted by atomic mass is 10.2. The number of aromatic nitrogens is 2. The summed E-state index contributed by atoms with van der Waals surface area (Å²) in [6.07, 6.45) is 0.856. The highest BCUT2D eigenvalue weighted by atomic mass is 35.5. The van der Waals surface area contributed by atoms with Crippen LogP contribution >= 0.6 is 11.6 Å². The molecule has 16 heavy (non-hydrogen) atoms. The van der Waals surface area contributed by atoms with Gasteiger partial charge in [0.05, 0.1) is 5.69 Å². The molecule has 0 saturated heterocycles. The Labute approximate surface area is 99.9 Å². The molecule has 0 aliphatic carbocycles. The summed E-state index contributed by atoms with van der Waals surface area (Å²) in [5, 5.41) is 3.65. The number of hydrogen-bond donors (Lipinski definition) is 2. The molecule has 2 aromatic rings. The number of benzene rings is 1. The van der Waals surface area contributed by atoms with Gasteiger partial charge in [0.25, 0.3) is 0 Å². The van der Waals surface area contributed by atoms with Crippen LogP contribution in [0.3, 0.4) is 0 Å². The van der Waals surface area contributed by atoms with E-state index in [1.165, 1.54) is 0 Å². The summed E-state index contributed by atoms with van der Waals surface area (Å²) in [7, 11) is 1.92. The summed E-state index contributed by atoms with van der Waals surface area (Å²) < 4.78 is 0. The average Bonchev–Trinajstić information content (AvgIpc) is 2.69. The minimum Gasteiger partial charge on any atom is -0.341 e. The third-order valence-electron chi connectivity index (χ3n) is 2.40. The topological polar surface area (TPSA) is 40.7 Å². The van der Waals surface area contributed by atoms with Gasteiger partial charge in [-0.3, -0.25) is 0 Å². The van der Waals surface area contributed by atoms with Gasteiger partial charge in [0, 0.05) is 18.5 Å². The highest BCUT2D eigenvalue weighted by Gasteiger charge is 2.08. The van der Waals surface area contributed by atoms with Gasteiger partial charge in [-0.2, -0.15) is 0 Å². The smallest absolute Gasteiger partial charge is 0.150 e. The lowest BCUT2D eigenvalue weighted by molar-refractivity contribution is 0.780. The second kappa shape index (κ2) is 5.14. The molecule has 0 fully saturated rings. The monoisotopic (exact) mass is 235 g/mol. The van der Waals surface area contributed by atoms with Crippen LogP contribution in [0.15, 0.2) is 30.3 Å². The molecule has 84 valence electrons. The van der Waals surface area contributed by atoms with E-state index >= 15 is 0 Å². The molecule has 2 N–H and O–H groups in total. The van der Waals surface area contributed by atoms with E-state index in [1.807, 2.05) is 37.4 Å². The Hall–Kier alpha value is -1.32. The Kier molecular flexibility index (Phi) is 3.59. The number of nitrogens with one attached hydrogen (secondary N) is 2. The molecule has 0 aliphatic rings. The fourth-order valence-electron chi connectivity index (χ4n) is 1.54. The molecule has 0 saturated carbocycles. The van der Waals surface area contributed by atoms with E-state index in [0.717, 1.165) is 30.0 Å². The Bertz CT molecular complexity index is 451. The maximum absolute atomic E-state index is 6.06. The molecule has 0 bridgehead atoms. The van der Waals surface area contributed by atoms with Crippen LogP contribution in [0.25, 0.3) is 11.4 Å². The zero-order valence-corrected chi connectivity index (χ0v) is 9.88. The van der Waals surface area contributed by atoms with E-state index in [4.69, 9.17) is 11.6 Å². The van der Waals surface area contributed by atoms with Gasteiger partial charge in [-0.15, -0.1) is 0 Å². The maximum Gasteiger partial charge on any atom is 0.150 e. The van der Waals surface area contributed by atoms with Crippen LogP contribution in [-0.4, -0.2) is 23.6 Å². The first-order valence-corrected chi connectivity index (χ1v) is 5.63. The number of halogens is 1. The van der Waals surface area contributed by atoms with Crippen molar-refractivity contribution in [1.29, 1.82) is 0 Å². The number of H-pyrrole nitrogens is 1. The molecule has 3 nitrogen and oxygen atoms in total. The highest BCUT2D eigenvalue weighted by molar-refractivity contribution is 6.30. The summed E-state index contributed by atoms with van der Waals surface area (Å²) in [6, 6.07) is 9.97. The number of aromatic amines is 1. The standard InChI is InChI=1S/C12H14ClN3/c1-14-8-7-10-11(13)16-12(15-10)9-5-3-2-4-6-9/h2-6,14H,7-8H2,1H3,(H,15,16). The van der Waals surface area contributed by atoms with Crippen molar-refractivity contribution in [3.63, 3.8) is 0 Å². The maximum atomic E-state index is 6.06. The molecule has 0 spiro atoms. The van der Waals surface area contributed by atoms with Crippen molar-refractivity contribution in [2.75, 3.05) is 13.6 Å². The van der Waals surface area contributed by atoms with E-state index in [0.29, 0.717) is 5.15 Å². The van der Waals surface area contributed by atoms with Crippen LogP contribution in [0.4, 0.5) is 0 Å². The van der Waals surface area contributed by atoms with Gasteiger partial charge in [-0.1, -0.05) is 41.9 Å². The fraction of sp³-hybridized carbons (Fsp3) is 0.250. The second-order valence-electron chi connectivity index (χ2n) is 3.57. The van der Waals surface area contributed by atoms with Crippen molar-refractivity contribution in [3.8, 4) is 11.4 Å². The third-order valence-corrected chi connectivity index (χ3v) is 2.71. The van der Waals surface area contributed by atoms with E-state index in [-0.39, 0.29) is 0 Å². The predicted octanol–water partition coefficient (Wildman–Crippen LogP) is 2.49. The van der Waals surface area contributed by atoms with Crippen molar-refractivity contribution < 1.29 is 0 Å². The molecule has 4 heteroatoms. The van der Waals surface area contributed by atoms with Crippen molar-refractivity contribution in [3.05, 3.63) is 41.2 Å². The molecule has 0 radical (unpaired) electrons. The van der Waals surface area contributed by atoms with Gasteiger partial charge < -0.3 is 10.3 Å². The molecule has 1 heterocycles. The summed E-state index contributed by atoms with van der Waals surface area (Å²) in [5.74, 6) is 0.830. The molecule has 1 aromatic carbocycles. The Morgan fingerprint density at radius 1 is 1.31 bits per heavy atom. The average molecular weight is 236 g/mol. The van der Waals surface area contributed by atoms with Gasteiger partial charge in [0.15, 0.2) is 5.15 Å². The first kappa shape index (κ1) is 11.2. The zero-order chi connectivity index (χ0) is 11.4. The second-order valence-corrected chi connectivity index (χ2v) is 3.93. The summed E-state index contributed by atoms with van der Waals surface area (Å²) in [5.41, 5.74) is 2.04. The summed E-state index contributed by atoms with van der Waals surface area (Å²) in [4.78, 5) is 7.57. The first-order valence-electron chi connectivity index (χ1n) is 5.25. The van der Waals surface area contributed by atoms with Gasteiger partial charge >= 0.3 is 0 Å². The van der Waals surface area contributed by atoms with E-state index in [1.54, 1.807) is 0 Å². The van der Waals surface area contributed by atoms with Gasteiger partial charge in [0.2, 0.25) is 0 Å². The van der Waals surface area contributed by atoms with Crippen molar-refractivity contribution in [1.82, 2.24) is 15.3 Å². The number of hydrogen-bond acceptors (Lipinski definition) is 2. The summed E-state index contributed by atoms with van der Waals surface area (Å²) >= 11 is 6.06. The van der Waals surface area contributed by atoms with E-state index in [2.05, 4.69) is 15.3 Å². The molecule has 2 rings (SSSR count). The normalized spacial score (nSPS) is 10.6. The number of likely N-dealkylation sites (N-methyl/N-ethyl adjacent to an activating group) is 1. The first-order chi connectivity index (χ1) is 7.81. The fourth-order valence-corrected chi connectivity index (χ4v) is 1.76. The van der Waals surface area contributed by atoms with Gasteiger partial charge in [0.1, 0.15) is 5.82 Å². The SMILES string of the molecule is CNCCc1[nH]c(-c2ccccc2)nc1Cl. The van der Waals surface area contributed by atoms with Crippen LogP contribution in [0.1, 0.15) is 5.69 Å². The lowest BCUT2D eigenvalue weighted by Crippen LogP contribution is -2.10. The minimum absolute atomic E-state index is 0.564. The molecular formula is C12H14ClN3. The minimum atomic E-state index is 0.564. The highest BCUT2D eigenvalue weighted by Crippen LogP contribution is 2.21. The van der Waals surface area contributed by atoms with E-state index < -0.39 is 0 Å². The molecular weight excluding hydrogens is 222 g/mol. The van der Waals surface area contributed by atoms with Crippen LogP contribution < -0.4 is 5.32 Å². The zero-order valence-electron chi connectivity index (χ0n) is 9.13. The predicted molar refractivity (Wildman–Crippen MR) is 66.7 cm³/mol. The summed E-state index contributed by atoms with van der Waals surface area (Å²) in [6.45, 7) is 0.885. The Morgan fingerprint density at radius 3 is 2.75 bits per heavy atom. The van der Waals surface area contributed by atoms with Gasteiger partial charge in [-0.05, 0) is 7.05 Å². The van der Waals surface area contributed by atoms with Crippen molar-refractivity contribution >= 4 is 11.6 Å². The Morgan fingerprint density at radius 2 is 2.06 bits per heavy atom. The molecule has 0 aliphatic heterocycles. The molecule has 1 aromatic heterocycles.